The number of ketones is 1. The second kappa shape index (κ2) is 8.23. The molecule has 0 saturated carbocycles. The summed E-state index contributed by atoms with van der Waals surface area (Å²) < 4.78 is 6.04. The molecule has 4 nitrogen and oxygen atoms in total. The number of carbonyl (C=O) groups excluding carboxylic acids is 2. The van der Waals surface area contributed by atoms with E-state index in [1.165, 1.54) is 7.11 Å². The minimum absolute atomic E-state index is 0.0770. The van der Waals surface area contributed by atoms with Gasteiger partial charge in [-0.25, -0.2) is 4.79 Å². The molecular weight excluding hydrogens is 442 g/mol. The first kappa shape index (κ1) is 20.6. The molecule has 1 heterocycles. The lowest BCUT2D eigenvalue weighted by molar-refractivity contribution is -0.136. The van der Waals surface area contributed by atoms with Crippen molar-refractivity contribution in [2.75, 3.05) is 7.11 Å². The van der Waals surface area contributed by atoms with Gasteiger partial charge in [0.1, 0.15) is 0 Å². The van der Waals surface area contributed by atoms with Crippen molar-refractivity contribution in [3.8, 4) is 0 Å². The number of aryl methyl sites for hydroxylation is 1. The SMILES string of the molecule is COC(=O)C1=C(C)NC2=C(C(=O)C[C@H](c3ccccc3)C2)[C@@H]1c1ccc(C)c(Br)c1. The van der Waals surface area contributed by atoms with Crippen molar-refractivity contribution in [1.82, 2.24) is 5.32 Å². The lowest BCUT2D eigenvalue weighted by Crippen LogP contribution is -2.36. The molecule has 0 unspecified atom stereocenters. The summed E-state index contributed by atoms with van der Waals surface area (Å²) in [6.07, 6.45) is 1.17. The first-order valence-electron chi connectivity index (χ1n) is 10.0. The molecule has 0 amide bonds. The highest BCUT2D eigenvalue weighted by Gasteiger charge is 2.41. The van der Waals surface area contributed by atoms with Crippen LogP contribution in [0.1, 0.15) is 48.3 Å². The van der Waals surface area contributed by atoms with Crippen molar-refractivity contribution in [2.45, 2.75) is 38.5 Å². The quantitative estimate of drug-likeness (QED) is 0.625. The van der Waals surface area contributed by atoms with Crippen LogP contribution in [0, 0.1) is 6.92 Å². The van der Waals surface area contributed by atoms with E-state index in [2.05, 4.69) is 33.4 Å². The van der Waals surface area contributed by atoms with Crippen LogP contribution in [0.25, 0.3) is 0 Å². The molecule has 5 heteroatoms. The Labute approximate surface area is 185 Å². The molecular formula is C25H24BrNO3. The smallest absolute Gasteiger partial charge is 0.336 e. The second-order valence-corrected chi connectivity index (χ2v) is 8.78. The van der Waals surface area contributed by atoms with Gasteiger partial charge in [0.05, 0.1) is 12.7 Å². The number of esters is 1. The molecule has 0 radical (unpaired) electrons. The maximum absolute atomic E-state index is 13.4. The van der Waals surface area contributed by atoms with Gasteiger partial charge in [0.2, 0.25) is 0 Å². The van der Waals surface area contributed by atoms with E-state index in [4.69, 9.17) is 4.74 Å². The largest absolute Gasteiger partial charge is 0.466 e. The fourth-order valence-electron chi connectivity index (χ4n) is 4.50. The van der Waals surface area contributed by atoms with Crippen molar-refractivity contribution in [3.63, 3.8) is 0 Å². The molecule has 4 rings (SSSR count). The van der Waals surface area contributed by atoms with Crippen LogP contribution in [0.3, 0.4) is 0 Å². The standard InChI is InChI=1S/C25H24BrNO3/c1-14-9-10-17(11-19(14)26)23-22(25(29)30-3)15(2)27-20-12-18(13-21(28)24(20)23)16-7-5-4-6-8-16/h4-11,18,23,27H,12-13H2,1-3H3/t18-,23-/m1/s1. The number of nitrogens with one attached hydrogen (secondary N) is 1. The molecule has 0 saturated heterocycles. The number of methoxy groups -OCH3 is 1. The fraction of sp³-hybridized carbons (Fsp3) is 0.280. The Hall–Kier alpha value is -2.66. The Balaban J connectivity index is 1.83. The van der Waals surface area contributed by atoms with Crippen LogP contribution in [-0.4, -0.2) is 18.9 Å². The van der Waals surface area contributed by atoms with Gasteiger partial charge in [-0.15, -0.1) is 0 Å². The van der Waals surface area contributed by atoms with E-state index in [0.717, 1.165) is 39.0 Å². The number of ether oxygens (including phenoxy) is 1. The summed E-state index contributed by atoms with van der Waals surface area (Å²) in [7, 11) is 1.38. The van der Waals surface area contributed by atoms with Crippen LogP contribution in [0.15, 0.2) is 75.5 Å². The van der Waals surface area contributed by atoms with Gasteiger partial charge in [-0.3, -0.25) is 4.79 Å². The summed E-state index contributed by atoms with van der Waals surface area (Å²) in [5, 5.41) is 3.37. The van der Waals surface area contributed by atoms with Gasteiger partial charge in [0, 0.05) is 33.8 Å². The minimum Gasteiger partial charge on any atom is -0.466 e. The van der Waals surface area contributed by atoms with E-state index >= 15 is 0 Å². The normalized spacial score (nSPS) is 21.3. The zero-order valence-electron chi connectivity index (χ0n) is 17.3. The van der Waals surface area contributed by atoms with Gasteiger partial charge in [-0.1, -0.05) is 58.4 Å². The van der Waals surface area contributed by atoms with E-state index in [9.17, 15) is 9.59 Å². The predicted molar refractivity (Wildman–Crippen MR) is 120 cm³/mol. The van der Waals surface area contributed by atoms with Gasteiger partial charge in [0.25, 0.3) is 0 Å². The Morgan fingerprint density at radius 3 is 2.47 bits per heavy atom. The Kier molecular flexibility index (Phi) is 5.65. The molecule has 0 aromatic heterocycles. The number of allylic oxidation sites excluding steroid dienone is 3. The third kappa shape index (κ3) is 3.63. The van der Waals surface area contributed by atoms with Crippen LogP contribution in [0.4, 0.5) is 0 Å². The lowest BCUT2D eigenvalue weighted by Gasteiger charge is -2.36. The Morgan fingerprint density at radius 1 is 1.07 bits per heavy atom. The number of halogens is 1. The van der Waals surface area contributed by atoms with Crippen molar-refractivity contribution >= 4 is 27.7 Å². The Bertz CT molecular complexity index is 1080. The lowest BCUT2D eigenvalue weighted by atomic mass is 9.71. The molecule has 1 aliphatic carbocycles. The van der Waals surface area contributed by atoms with Gasteiger partial charge in [0.15, 0.2) is 5.78 Å². The molecule has 2 atom stereocenters. The number of hydrogen-bond donors (Lipinski definition) is 1. The molecule has 1 N–H and O–H groups in total. The third-order valence-electron chi connectivity index (χ3n) is 6.03. The number of Topliss-reactive ketones (excluding diaryl/α,β-unsaturated/α-hetero) is 1. The van der Waals surface area contributed by atoms with E-state index in [-0.39, 0.29) is 11.7 Å². The maximum Gasteiger partial charge on any atom is 0.336 e. The van der Waals surface area contributed by atoms with Crippen LogP contribution in [-0.2, 0) is 14.3 Å². The monoisotopic (exact) mass is 465 g/mol. The second-order valence-electron chi connectivity index (χ2n) is 7.93. The zero-order valence-corrected chi connectivity index (χ0v) is 18.9. The number of dihydropyridines is 1. The van der Waals surface area contributed by atoms with Gasteiger partial charge < -0.3 is 10.1 Å². The van der Waals surface area contributed by atoms with Gasteiger partial charge >= 0.3 is 5.97 Å². The topological polar surface area (TPSA) is 55.4 Å². The Morgan fingerprint density at radius 2 is 1.80 bits per heavy atom. The number of rotatable bonds is 3. The first-order valence-corrected chi connectivity index (χ1v) is 10.8. The molecule has 2 aromatic carbocycles. The molecule has 154 valence electrons. The van der Waals surface area contributed by atoms with Crippen molar-refractivity contribution < 1.29 is 14.3 Å². The highest BCUT2D eigenvalue weighted by Crippen LogP contribution is 2.46. The first-order chi connectivity index (χ1) is 14.4. The van der Waals surface area contributed by atoms with E-state index in [0.29, 0.717) is 17.6 Å². The number of benzene rings is 2. The number of hydrogen-bond acceptors (Lipinski definition) is 4. The molecule has 0 fully saturated rings. The predicted octanol–water partition coefficient (Wildman–Crippen LogP) is 5.29. The summed E-state index contributed by atoms with van der Waals surface area (Å²) in [5.74, 6) is -0.642. The molecule has 0 bridgehead atoms. The van der Waals surface area contributed by atoms with E-state index in [1.54, 1.807) is 0 Å². The minimum atomic E-state index is -0.435. The van der Waals surface area contributed by atoms with Crippen LogP contribution in [0.5, 0.6) is 0 Å². The molecule has 2 aliphatic rings. The van der Waals surface area contributed by atoms with Crippen molar-refractivity contribution in [1.29, 1.82) is 0 Å². The number of carbonyl (C=O) groups is 2. The van der Waals surface area contributed by atoms with Crippen molar-refractivity contribution in [2.24, 2.45) is 0 Å². The molecule has 30 heavy (non-hydrogen) atoms. The zero-order chi connectivity index (χ0) is 21.4. The summed E-state index contributed by atoms with van der Waals surface area (Å²) in [4.78, 5) is 26.1. The highest BCUT2D eigenvalue weighted by molar-refractivity contribution is 9.10. The van der Waals surface area contributed by atoms with Gasteiger partial charge in [-0.05, 0) is 48.9 Å². The highest BCUT2D eigenvalue weighted by atomic mass is 79.9. The third-order valence-corrected chi connectivity index (χ3v) is 6.89. The fourth-order valence-corrected chi connectivity index (χ4v) is 4.90. The summed E-state index contributed by atoms with van der Waals surface area (Å²) in [6.45, 7) is 3.89. The summed E-state index contributed by atoms with van der Waals surface area (Å²) in [6, 6.07) is 16.1. The summed E-state index contributed by atoms with van der Waals surface area (Å²) >= 11 is 3.60. The molecule has 1 aliphatic heterocycles. The molecule has 2 aromatic rings. The molecule has 0 spiro atoms. The van der Waals surface area contributed by atoms with Crippen LogP contribution in [0.2, 0.25) is 0 Å². The van der Waals surface area contributed by atoms with Crippen molar-refractivity contribution in [3.05, 3.63) is 92.2 Å². The van der Waals surface area contributed by atoms with Crippen LogP contribution < -0.4 is 5.32 Å². The average Bonchev–Trinajstić information content (AvgIpc) is 2.74. The van der Waals surface area contributed by atoms with Gasteiger partial charge in [-0.2, -0.15) is 0 Å². The summed E-state index contributed by atoms with van der Waals surface area (Å²) in [5.41, 5.74) is 6.00. The maximum atomic E-state index is 13.4. The average molecular weight is 466 g/mol. The van der Waals surface area contributed by atoms with E-state index in [1.807, 2.05) is 50.2 Å². The van der Waals surface area contributed by atoms with E-state index < -0.39 is 11.9 Å². The van der Waals surface area contributed by atoms with Crippen LogP contribution >= 0.6 is 15.9 Å².